The fraction of sp³-hybridized carbons (Fsp3) is 0.158. The van der Waals surface area contributed by atoms with E-state index in [0.29, 0.717) is 23.6 Å². The van der Waals surface area contributed by atoms with Crippen molar-refractivity contribution < 1.29 is 31.3 Å². The predicted molar refractivity (Wildman–Crippen MR) is 97.9 cm³/mol. The highest BCUT2D eigenvalue weighted by Crippen LogP contribution is 2.19. The Kier molecular flexibility index (Phi) is 6.35. The van der Waals surface area contributed by atoms with Crippen molar-refractivity contribution in [2.75, 3.05) is 6.54 Å². The molecule has 1 heterocycles. The number of hydrogen-bond donors (Lipinski definition) is 1. The van der Waals surface area contributed by atoms with Gasteiger partial charge in [0, 0.05) is 18.2 Å². The quantitative estimate of drug-likeness (QED) is 0.561. The molecule has 3 rings (SSSR count). The number of aromatic nitrogens is 1. The number of carbonyl (C=O) groups is 1. The highest BCUT2D eigenvalue weighted by Gasteiger charge is 2.17. The molecule has 3 aromatic rings. The first-order chi connectivity index (χ1) is 13.8. The van der Waals surface area contributed by atoms with Crippen LogP contribution in [-0.2, 0) is 26.2 Å². The zero-order valence-electron chi connectivity index (χ0n) is 15.0. The smallest absolute Gasteiger partial charge is 0.307 e. The molecular weight excluding hydrogens is 406 g/mol. The molecule has 0 aliphatic carbocycles. The summed E-state index contributed by atoms with van der Waals surface area (Å²) in [5, 5.41) is 3.89. The van der Waals surface area contributed by atoms with E-state index >= 15 is 0 Å². The van der Waals surface area contributed by atoms with E-state index < -0.39 is 32.5 Å². The fourth-order valence-electron chi connectivity index (χ4n) is 2.36. The first kappa shape index (κ1) is 20.6. The molecule has 0 fully saturated rings. The van der Waals surface area contributed by atoms with Gasteiger partial charge in [0.2, 0.25) is 10.0 Å². The minimum Gasteiger partial charge on any atom is -0.457 e. The molecule has 7 nitrogen and oxygen atoms in total. The summed E-state index contributed by atoms with van der Waals surface area (Å²) < 4.78 is 62.4. The van der Waals surface area contributed by atoms with Gasteiger partial charge in [-0.05, 0) is 18.2 Å². The molecule has 0 atom stereocenters. The normalized spacial score (nSPS) is 11.4. The Labute approximate surface area is 165 Å². The van der Waals surface area contributed by atoms with E-state index in [2.05, 4.69) is 9.88 Å². The molecule has 29 heavy (non-hydrogen) atoms. The van der Waals surface area contributed by atoms with Crippen LogP contribution in [0.15, 0.2) is 64.0 Å². The van der Waals surface area contributed by atoms with Crippen molar-refractivity contribution in [2.24, 2.45) is 0 Å². The predicted octanol–water partition coefficient (Wildman–Crippen LogP) is 3.03. The summed E-state index contributed by atoms with van der Waals surface area (Å²) >= 11 is 0. The van der Waals surface area contributed by atoms with Crippen LogP contribution in [0.3, 0.4) is 0 Å². The lowest BCUT2D eigenvalue weighted by atomic mass is 10.1. The topological polar surface area (TPSA) is 98.5 Å². The average Bonchev–Trinajstić information content (AvgIpc) is 3.18. The summed E-state index contributed by atoms with van der Waals surface area (Å²) in [5.41, 5.74) is 1.44. The molecule has 2 aromatic carbocycles. The van der Waals surface area contributed by atoms with Gasteiger partial charge in [0.1, 0.15) is 5.69 Å². The third-order valence-corrected chi connectivity index (χ3v) is 5.29. The molecule has 0 spiro atoms. The van der Waals surface area contributed by atoms with Crippen LogP contribution in [0.4, 0.5) is 8.78 Å². The average molecular weight is 422 g/mol. The second-order valence-corrected chi connectivity index (χ2v) is 7.70. The molecule has 0 amide bonds. The van der Waals surface area contributed by atoms with E-state index in [1.54, 1.807) is 6.07 Å². The van der Waals surface area contributed by atoms with Gasteiger partial charge in [0.15, 0.2) is 24.0 Å². The van der Waals surface area contributed by atoms with Gasteiger partial charge in [-0.15, -0.1) is 0 Å². The zero-order valence-corrected chi connectivity index (χ0v) is 15.8. The first-order valence-electron chi connectivity index (χ1n) is 8.46. The van der Waals surface area contributed by atoms with Gasteiger partial charge >= 0.3 is 5.97 Å². The van der Waals surface area contributed by atoms with Gasteiger partial charge in [-0.3, -0.25) is 4.79 Å². The Morgan fingerprint density at radius 2 is 1.83 bits per heavy atom. The lowest BCUT2D eigenvalue weighted by molar-refractivity contribution is -0.145. The molecule has 152 valence electrons. The Balaban J connectivity index is 1.47. The van der Waals surface area contributed by atoms with E-state index in [-0.39, 0.29) is 19.6 Å². The SMILES string of the molecule is O=C(CCNS(=O)(=O)c1ccc(F)c(F)c1)OCc1cc(-c2ccccc2)no1. The summed E-state index contributed by atoms with van der Waals surface area (Å²) in [6.07, 6.45) is -0.261. The van der Waals surface area contributed by atoms with Crippen LogP contribution in [0.25, 0.3) is 11.3 Å². The van der Waals surface area contributed by atoms with Crippen LogP contribution in [0.1, 0.15) is 12.2 Å². The van der Waals surface area contributed by atoms with E-state index in [0.717, 1.165) is 11.6 Å². The van der Waals surface area contributed by atoms with Gasteiger partial charge in [-0.1, -0.05) is 35.5 Å². The number of nitrogens with one attached hydrogen (secondary N) is 1. The van der Waals surface area contributed by atoms with Crippen molar-refractivity contribution in [2.45, 2.75) is 17.9 Å². The van der Waals surface area contributed by atoms with Crippen molar-refractivity contribution in [1.29, 1.82) is 0 Å². The number of esters is 1. The molecule has 0 radical (unpaired) electrons. The van der Waals surface area contributed by atoms with Crippen LogP contribution in [0.5, 0.6) is 0 Å². The van der Waals surface area contributed by atoms with Crippen molar-refractivity contribution >= 4 is 16.0 Å². The first-order valence-corrected chi connectivity index (χ1v) is 9.95. The number of carbonyl (C=O) groups excluding carboxylic acids is 1. The number of benzene rings is 2. The molecule has 1 N–H and O–H groups in total. The van der Waals surface area contributed by atoms with Gasteiger partial charge in [0.05, 0.1) is 11.3 Å². The summed E-state index contributed by atoms with van der Waals surface area (Å²) in [7, 11) is -4.08. The second kappa shape index (κ2) is 8.93. The summed E-state index contributed by atoms with van der Waals surface area (Å²) in [6, 6.07) is 13.1. The van der Waals surface area contributed by atoms with Gasteiger partial charge < -0.3 is 9.26 Å². The number of sulfonamides is 1. The number of ether oxygens (including phenoxy) is 1. The highest BCUT2D eigenvalue weighted by atomic mass is 32.2. The maximum Gasteiger partial charge on any atom is 0.307 e. The largest absolute Gasteiger partial charge is 0.457 e. The van der Waals surface area contributed by atoms with Gasteiger partial charge in [0.25, 0.3) is 0 Å². The number of rotatable bonds is 8. The van der Waals surface area contributed by atoms with Crippen molar-refractivity contribution in [3.8, 4) is 11.3 Å². The van der Waals surface area contributed by atoms with Crippen LogP contribution >= 0.6 is 0 Å². The van der Waals surface area contributed by atoms with Gasteiger partial charge in [-0.2, -0.15) is 0 Å². The molecule has 0 unspecified atom stereocenters. The molecular formula is C19H16F2N2O5S. The molecule has 0 aliphatic rings. The van der Waals surface area contributed by atoms with E-state index in [9.17, 15) is 22.0 Å². The maximum atomic E-state index is 13.2. The third-order valence-electron chi connectivity index (χ3n) is 3.83. The molecule has 1 aromatic heterocycles. The van der Waals surface area contributed by atoms with E-state index in [4.69, 9.17) is 9.26 Å². The summed E-state index contributed by atoms with van der Waals surface area (Å²) in [5.74, 6) is -2.78. The summed E-state index contributed by atoms with van der Waals surface area (Å²) in [4.78, 5) is 11.3. The second-order valence-electron chi connectivity index (χ2n) is 5.93. The highest BCUT2D eigenvalue weighted by molar-refractivity contribution is 7.89. The number of halogens is 2. The molecule has 0 bridgehead atoms. The van der Waals surface area contributed by atoms with E-state index in [1.807, 2.05) is 30.3 Å². The Bertz CT molecular complexity index is 1100. The standard InChI is InChI=1S/C19H16F2N2O5S/c20-16-7-6-15(11-17(16)21)29(25,26)22-9-8-19(24)27-12-14-10-18(23-28-14)13-4-2-1-3-5-13/h1-7,10-11,22H,8-9,12H2. The molecule has 10 heteroatoms. The lowest BCUT2D eigenvalue weighted by Crippen LogP contribution is -2.27. The van der Waals surface area contributed by atoms with Crippen molar-refractivity contribution in [1.82, 2.24) is 9.88 Å². The number of nitrogens with zero attached hydrogens (tertiary/aromatic N) is 1. The van der Waals surface area contributed by atoms with E-state index in [1.165, 1.54) is 0 Å². The minimum absolute atomic E-state index is 0.158. The Morgan fingerprint density at radius 3 is 2.55 bits per heavy atom. The Hall–Kier alpha value is -3.11. The monoisotopic (exact) mass is 422 g/mol. The fourth-order valence-corrected chi connectivity index (χ4v) is 3.41. The molecule has 0 saturated heterocycles. The zero-order chi connectivity index (χ0) is 20.9. The maximum absolute atomic E-state index is 13.2. The van der Waals surface area contributed by atoms with Crippen molar-refractivity contribution in [3.63, 3.8) is 0 Å². The molecule has 0 aliphatic heterocycles. The van der Waals surface area contributed by atoms with Crippen LogP contribution < -0.4 is 4.72 Å². The minimum atomic E-state index is -4.08. The lowest BCUT2D eigenvalue weighted by Gasteiger charge is -2.07. The van der Waals surface area contributed by atoms with Crippen LogP contribution in [-0.4, -0.2) is 26.1 Å². The third kappa shape index (κ3) is 5.46. The Morgan fingerprint density at radius 1 is 1.07 bits per heavy atom. The van der Waals surface area contributed by atoms with Crippen LogP contribution in [0, 0.1) is 11.6 Å². The van der Waals surface area contributed by atoms with Crippen molar-refractivity contribution in [3.05, 3.63) is 72.0 Å². The van der Waals surface area contributed by atoms with Gasteiger partial charge in [-0.25, -0.2) is 21.9 Å². The van der Waals surface area contributed by atoms with Crippen LogP contribution in [0.2, 0.25) is 0 Å². The summed E-state index contributed by atoms with van der Waals surface area (Å²) in [6.45, 7) is -0.430. The molecule has 0 saturated carbocycles. The number of hydrogen-bond acceptors (Lipinski definition) is 6.